The van der Waals surface area contributed by atoms with E-state index < -0.39 is 5.54 Å². The molecule has 102 valence electrons. The van der Waals surface area contributed by atoms with Crippen LogP contribution in [0.5, 0.6) is 0 Å². The average Bonchev–Trinajstić information content (AvgIpc) is 3.19. The molecule has 19 heavy (non-hydrogen) atoms. The number of aromatic nitrogens is 1. The van der Waals surface area contributed by atoms with Gasteiger partial charge in [-0.1, -0.05) is 6.07 Å². The molecule has 5 nitrogen and oxygen atoms in total. The summed E-state index contributed by atoms with van der Waals surface area (Å²) < 4.78 is 0. The Morgan fingerprint density at radius 2 is 2.00 bits per heavy atom. The summed E-state index contributed by atoms with van der Waals surface area (Å²) in [5.41, 5.74) is 6.52. The predicted molar refractivity (Wildman–Crippen MR) is 72.2 cm³/mol. The molecule has 1 aromatic heterocycles. The van der Waals surface area contributed by atoms with E-state index in [9.17, 15) is 4.79 Å². The predicted octanol–water partition coefficient (Wildman–Crippen LogP) is 0.217. The van der Waals surface area contributed by atoms with Gasteiger partial charge in [0.25, 0.3) is 0 Å². The Morgan fingerprint density at radius 1 is 1.26 bits per heavy atom. The second kappa shape index (κ2) is 4.90. The molecule has 1 aliphatic carbocycles. The first-order valence-electron chi connectivity index (χ1n) is 6.88. The molecule has 0 aromatic carbocycles. The minimum Gasteiger partial charge on any atom is -0.339 e. The van der Waals surface area contributed by atoms with Gasteiger partial charge in [0.1, 0.15) is 0 Å². The molecule has 2 aliphatic rings. The van der Waals surface area contributed by atoms with Crippen LogP contribution in [0.15, 0.2) is 24.4 Å². The van der Waals surface area contributed by atoms with Crippen LogP contribution in [0, 0.1) is 0 Å². The number of rotatable bonds is 3. The molecule has 1 saturated heterocycles. The van der Waals surface area contributed by atoms with Crippen LogP contribution in [0.4, 0.5) is 0 Å². The highest BCUT2D eigenvalue weighted by Gasteiger charge is 2.48. The highest BCUT2D eigenvalue weighted by molar-refractivity contribution is 5.89. The number of carbonyl (C=O) groups excluding carboxylic acids is 1. The molecule has 0 unspecified atom stereocenters. The number of carbonyl (C=O) groups is 1. The van der Waals surface area contributed by atoms with Crippen LogP contribution in [0.1, 0.15) is 18.5 Å². The molecule has 0 bridgehead atoms. The molecule has 1 aromatic rings. The largest absolute Gasteiger partial charge is 0.339 e. The molecule has 1 saturated carbocycles. The quantitative estimate of drug-likeness (QED) is 0.844. The van der Waals surface area contributed by atoms with Crippen molar-refractivity contribution in [2.24, 2.45) is 5.73 Å². The molecule has 2 heterocycles. The molecule has 2 fully saturated rings. The van der Waals surface area contributed by atoms with Crippen molar-refractivity contribution in [3.63, 3.8) is 0 Å². The molecule has 5 heteroatoms. The summed E-state index contributed by atoms with van der Waals surface area (Å²) in [6, 6.07) is 5.97. The van der Waals surface area contributed by atoms with E-state index in [4.69, 9.17) is 5.73 Å². The monoisotopic (exact) mass is 260 g/mol. The Bertz CT molecular complexity index is 450. The second-order valence-electron chi connectivity index (χ2n) is 5.55. The third-order valence-corrected chi connectivity index (χ3v) is 3.99. The van der Waals surface area contributed by atoms with Gasteiger partial charge in [-0.15, -0.1) is 0 Å². The van der Waals surface area contributed by atoms with Gasteiger partial charge < -0.3 is 10.6 Å². The standard InChI is InChI=1S/C14H20N4O/c15-14(4-5-14)13(19)18-9-7-17(8-10-18)11-12-3-1-2-6-16-12/h1-3,6H,4-5,7-11,15H2. The fraction of sp³-hybridized carbons (Fsp3) is 0.571. The van der Waals surface area contributed by atoms with Gasteiger partial charge in [-0.05, 0) is 25.0 Å². The van der Waals surface area contributed by atoms with Gasteiger partial charge in [0.05, 0.1) is 11.2 Å². The SMILES string of the molecule is NC1(C(=O)N2CCN(Cc3ccccn3)CC2)CC1. The summed E-state index contributed by atoms with van der Waals surface area (Å²) in [6.45, 7) is 4.22. The van der Waals surface area contributed by atoms with Gasteiger partial charge in [0, 0.05) is 38.9 Å². The molecular formula is C14H20N4O. The number of nitrogens with zero attached hydrogens (tertiary/aromatic N) is 3. The van der Waals surface area contributed by atoms with E-state index in [0.717, 1.165) is 51.3 Å². The first-order valence-corrected chi connectivity index (χ1v) is 6.88. The number of piperazine rings is 1. The Morgan fingerprint density at radius 3 is 2.58 bits per heavy atom. The zero-order valence-electron chi connectivity index (χ0n) is 11.1. The minimum atomic E-state index is -0.525. The lowest BCUT2D eigenvalue weighted by molar-refractivity contribution is -0.135. The van der Waals surface area contributed by atoms with E-state index >= 15 is 0 Å². The smallest absolute Gasteiger partial charge is 0.242 e. The van der Waals surface area contributed by atoms with Gasteiger partial charge in [0.2, 0.25) is 5.91 Å². The first-order chi connectivity index (χ1) is 9.17. The van der Waals surface area contributed by atoms with Crippen LogP contribution in [-0.4, -0.2) is 52.4 Å². The summed E-state index contributed by atoms with van der Waals surface area (Å²) in [4.78, 5) is 20.7. The van der Waals surface area contributed by atoms with Gasteiger partial charge in [-0.3, -0.25) is 14.7 Å². The van der Waals surface area contributed by atoms with Crippen LogP contribution in [0.25, 0.3) is 0 Å². The summed E-state index contributed by atoms with van der Waals surface area (Å²) >= 11 is 0. The summed E-state index contributed by atoms with van der Waals surface area (Å²) in [7, 11) is 0. The normalized spacial score (nSPS) is 22.3. The molecule has 1 amide bonds. The van der Waals surface area contributed by atoms with Gasteiger partial charge in [-0.25, -0.2) is 0 Å². The van der Waals surface area contributed by atoms with Crippen molar-refractivity contribution in [2.45, 2.75) is 24.9 Å². The van der Waals surface area contributed by atoms with Crippen molar-refractivity contribution >= 4 is 5.91 Å². The third-order valence-electron chi connectivity index (χ3n) is 3.99. The Balaban J connectivity index is 1.51. The van der Waals surface area contributed by atoms with Crippen molar-refractivity contribution in [1.29, 1.82) is 0 Å². The van der Waals surface area contributed by atoms with E-state index in [1.807, 2.05) is 29.3 Å². The Hall–Kier alpha value is -1.46. The average molecular weight is 260 g/mol. The van der Waals surface area contributed by atoms with E-state index in [1.165, 1.54) is 0 Å². The van der Waals surface area contributed by atoms with Crippen LogP contribution in [0.2, 0.25) is 0 Å². The number of hydrogen-bond acceptors (Lipinski definition) is 4. The van der Waals surface area contributed by atoms with Crippen LogP contribution in [0.3, 0.4) is 0 Å². The topological polar surface area (TPSA) is 62.5 Å². The Labute approximate surface area is 113 Å². The molecule has 2 N–H and O–H groups in total. The number of nitrogens with two attached hydrogens (primary N) is 1. The maximum Gasteiger partial charge on any atom is 0.242 e. The summed E-state index contributed by atoms with van der Waals surface area (Å²) in [5, 5.41) is 0. The van der Waals surface area contributed by atoms with Gasteiger partial charge in [-0.2, -0.15) is 0 Å². The summed E-state index contributed by atoms with van der Waals surface area (Å²) in [5.74, 6) is 0.144. The van der Waals surface area contributed by atoms with Crippen molar-refractivity contribution in [1.82, 2.24) is 14.8 Å². The van der Waals surface area contributed by atoms with Gasteiger partial charge in [0.15, 0.2) is 0 Å². The molecule has 0 atom stereocenters. The zero-order chi connectivity index (χ0) is 13.3. The number of hydrogen-bond donors (Lipinski definition) is 1. The molecular weight excluding hydrogens is 240 g/mol. The molecule has 3 rings (SSSR count). The van der Waals surface area contributed by atoms with Crippen molar-refractivity contribution < 1.29 is 4.79 Å². The van der Waals surface area contributed by atoms with Crippen molar-refractivity contribution in [3.8, 4) is 0 Å². The van der Waals surface area contributed by atoms with E-state index in [2.05, 4.69) is 9.88 Å². The molecule has 1 aliphatic heterocycles. The zero-order valence-corrected chi connectivity index (χ0v) is 11.1. The van der Waals surface area contributed by atoms with E-state index in [-0.39, 0.29) is 5.91 Å². The lowest BCUT2D eigenvalue weighted by Crippen LogP contribution is -2.53. The van der Waals surface area contributed by atoms with Gasteiger partial charge >= 0.3 is 0 Å². The lowest BCUT2D eigenvalue weighted by Gasteiger charge is -2.35. The second-order valence-corrected chi connectivity index (χ2v) is 5.55. The highest BCUT2D eigenvalue weighted by atomic mass is 16.2. The number of amides is 1. The Kier molecular flexibility index (Phi) is 3.24. The van der Waals surface area contributed by atoms with E-state index in [1.54, 1.807) is 0 Å². The van der Waals surface area contributed by atoms with Crippen LogP contribution in [-0.2, 0) is 11.3 Å². The summed E-state index contributed by atoms with van der Waals surface area (Å²) in [6.07, 6.45) is 3.51. The fourth-order valence-corrected chi connectivity index (χ4v) is 2.49. The maximum atomic E-state index is 12.1. The van der Waals surface area contributed by atoms with E-state index in [0.29, 0.717) is 0 Å². The van der Waals surface area contributed by atoms with Crippen molar-refractivity contribution in [2.75, 3.05) is 26.2 Å². The van der Waals surface area contributed by atoms with Crippen LogP contribution < -0.4 is 5.73 Å². The van der Waals surface area contributed by atoms with Crippen molar-refractivity contribution in [3.05, 3.63) is 30.1 Å². The fourth-order valence-electron chi connectivity index (χ4n) is 2.49. The lowest BCUT2D eigenvalue weighted by atomic mass is 10.2. The van der Waals surface area contributed by atoms with Crippen LogP contribution >= 0.6 is 0 Å². The molecule has 0 spiro atoms. The third kappa shape index (κ3) is 2.77. The molecule has 0 radical (unpaired) electrons. The number of pyridine rings is 1. The highest BCUT2D eigenvalue weighted by Crippen LogP contribution is 2.34. The first kappa shape index (κ1) is 12.6. The maximum absolute atomic E-state index is 12.1. The minimum absolute atomic E-state index is 0.144.